The van der Waals surface area contributed by atoms with Gasteiger partial charge in [-0.2, -0.15) is 0 Å². The van der Waals surface area contributed by atoms with Crippen LogP contribution in [-0.2, 0) is 24.0 Å². The fraction of sp³-hybridized carbons (Fsp3) is 0.706. The van der Waals surface area contributed by atoms with E-state index < -0.39 is 56.0 Å². The third kappa shape index (κ3) is 16.2. The quantitative estimate of drug-likeness (QED) is 0.198. The van der Waals surface area contributed by atoms with Crippen LogP contribution in [0.3, 0.4) is 0 Å². The molecule has 0 atom stereocenters. The number of nitrogens with one attached hydrogen (secondary N) is 1. The van der Waals surface area contributed by atoms with Crippen LogP contribution in [0, 0.1) is 0 Å². The molecule has 0 aliphatic heterocycles. The van der Waals surface area contributed by atoms with Crippen LogP contribution in [0.25, 0.3) is 0 Å². The standard InChI is InChI=1S/C16H28N4O9.CH4/c1-2-17-12(21)7-19(9-14(24)25)5-3-18(8-13(22)23)4-6-20(10-15(26)27)11-16(28)29;/h2-11H2,1H3,(H,17,21)(H,22,23)(H,24,25)(H,26,27)(H,28,29);1H4/p-2. The zero-order valence-electron chi connectivity index (χ0n) is 16.2. The van der Waals surface area contributed by atoms with Gasteiger partial charge in [-0.3, -0.25) is 29.1 Å². The van der Waals surface area contributed by atoms with Gasteiger partial charge in [-0.25, -0.2) is 0 Å². The summed E-state index contributed by atoms with van der Waals surface area (Å²) in [6.45, 7) is -0.324. The Balaban J connectivity index is 0. The maximum absolute atomic E-state index is 11.7. The Morgan fingerprint density at radius 3 is 1.43 bits per heavy atom. The molecule has 0 saturated heterocycles. The van der Waals surface area contributed by atoms with E-state index in [-0.39, 0.29) is 40.2 Å². The first-order valence-electron chi connectivity index (χ1n) is 8.80. The second-order valence-electron chi connectivity index (χ2n) is 6.18. The molecule has 0 radical (unpaired) electrons. The molecule has 0 heterocycles. The van der Waals surface area contributed by atoms with Crippen molar-refractivity contribution in [3.8, 4) is 0 Å². The number of carbonyl (C=O) groups excluding carboxylic acids is 3. The third-order valence-electron chi connectivity index (χ3n) is 3.63. The van der Waals surface area contributed by atoms with E-state index in [4.69, 9.17) is 10.2 Å². The number of hydrogen-bond donors (Lipinski definition) is 3. The summed E-state index contributed by atoms with van der Waals surface area (Å²) in [6.07, 6.45) is 0. The number of carboxylic acid groups (broad SMARTS) is 4. The van der Waals surface area contributed by atoms with Gasteiger partial charge in [0.2, 0.25) is 5.91 Å². The molecule has 0 spiro atoms. The SMILES string of the molecule is C.CCNC(=O)CN(CCN(CCN(CC(=O)[O-])CC(=O)O)CC(=O)O)CC(=O)[O-]. The minimum Gasteiger partial charge on any atom is -0.549 e. The van der Waals surface area contributed by atoms with Crippen molar-refractivity contribution in [1.82, 2.24) is 20.0 Å². The molecule has 0 aliphatic rings. The molecule has 0 saturated carbocycles. The van der Waals surface area contributed by atoms with E-state index in [9.17, 15) is 34.2 Å². The Kier molecular flexibility index (Phi) is 15.8. The van der Waals surface area contributed by atoms with Gasteiger partial charge in [0.25, 0.3) is 0 Å². The van der Waals surface area contributed by atoms with Gasteiger partial charge < -0.3 is 35.3 Å². The highest BCUT2D eigenvalue weighted by atomic mass is 16.4. The maximum Gasteiger partial charge on any atom is 0.317 e. The summed E-state index contributed by atoms with van der Waals surface area (Å²) in [7, 11) is 0. The molecule has 0 bridgehead atoms. The number of likely N-dealkylation sites (N-methyl/N-ethyl adjacent to an activating group) is 1. The Labute approximate surface area is 174 Å². The molecule has 0 unspecified atom stereocenters. The molecule has 13 nitrogen and oxygen atoms in total. The molecule has 0 rings (SSSR count). The van der Waals surface area contributed by atoms with Crippen LogP contribution in [0.2, 0.25) is 0 Å². The van der Waals surface area contributed by atoms with Gasteiger partial charge in [-0.05, 0) is 6.92 Å². The van der Waals surface area contributed by atoms with Gasteiger partial charge >= 0.3 is 11.9 Å². The summed E-state index contributed by atoms with van der Waals surface area (Å²) in [5.41, 5.74) is 0. The van der Waals surface area contributed by atoms with Crippen LogP contribution >= 0.6 is 0 Å². The number of amides is 1. The van der Waals surface area contributed by atoms with E-state index >= 15 is 0 Å². The smallest absolute Gasteiger partial charge is 0.317 e. The lowest BCUT2D eigenvalue weighted by Gasteiger charge is -2.28. The number of carboxylic acids is 4. The fourth-order valence-electron chi connectivity index (χ4n) is 2.47. The van der Waals surface area contributed by atoms with Crippen molar-refractivity contribution in [3.63, 3.8) is 0 Å². The zero-order valence-corrected chi connectivity index (χ0v) is 16.2. The summed E-state index contributed by atoms with van der Waals surface area (Å²) >= 11 is 0. The first-order chi connectivity index (χ1) is 13.5. The van der Waals surface area contributed by atoms with Gasteiger partial charge in [0.1, 0.15) is 0 Å². The first kappa shape index (κ1) is 29.4. The lowest BCUT2D eigenvalue weighted by Crippen LogP contribution is -2.48. The highest BCUT2D eigenvalue weighted by molar-refractivity contribution is 5.78. The van der Waals surface area contributed by atoms with Crippen molar-refractivity contribution < 1.29 is 44.4 Å². The van der Waals surface area contributed by atoms with Crippen LogP contribution in [-0.4, -0.2) is 120 Å². The predicted octanol–water partition coefficient (Wildman–Crippen LogP) is -4.67. The van der Waals surface area contributed by atoms with E-state index in [1.54, 1.807) is 6.92 Å². The van der Waals surface area contributed by atoms with E-state index in [1.807, 2.05) is 0 Å². The van der Waals surface area contributed by atoms with Crippen molar-refractivity contribution >= 4 is 29.8 Å². The summed E-state index contributed by atoms with van der Waals surface area (Å²) in [4.78, 5) is 58.9. The van der Waals surface area contributed by atoms with Crippen molar-refractivity contribution in [3.05, 3.63) is 0 Å². The average molecular weight is 434 g/mol. The minimum atomic E-state index is -1.47. The highest BCUT2D eigenvalue weighted by Gasteiger charge is 2.17. The second kappa shape index (κ2) is 16.1. The maximum atomic E-state index is 11.7. The summed E-state index contributed by atoms with van der Waals surface area (Å²) in [5, 5.41) is 42.0. The normalized spacial score (nSPS) is 10.7. The highest BCUT2D eigenvalue weighted by Crippen LogP contribution is 1.96. The Morgan fingerprint density at radius 1 is 0.700 bits per heavy atom. The van der Waals surface area contributed by atoms with Crippen molar-refractivity contribution in [1.29, 1.82) is 0 Å². The lowest BCUT2D eigenvalue weighted by atomic mass is 10.3. The zero-order chi connectivity index (χ0) is 22.4. The Morgan fingerprint density at radius 2 is 1.07 bits per heavy atom. The van der Waals surface area contributed by atoms with Gasteiger partial charge in [-0.1, -0.05) is 7.43 Å². The largest absolute Gasteiger partial charge is 0.549 e. The second-order valence-corrected chi connectivity index (χ2v) is 6.18. The van der Waals surface area contributed by atoms with Gasteiger partial charge in [0.15, 0.2) is 0 Å². The molecular weight excluding hydrogens is 404 g/mol. The number of rotatable bonds is 17. The first-order valence-corrected chi connectivity index (χ1v) is 8.80. The topological polar surface area (TPSA) is 194 Å². The molecule has 0 aromatic rings. The molecule has 13 heteroatoms. The third-order valence-corrected chi connectivity index (χ3v) is 3.63. The van der Waals surface area contributed by atoms with E-state index in [2.05, 4.69) is 5.32 Å². The molecule has 0 aromatic carbocycles. The van der Waals surface area contributed by atoms with E-state index in [0.29, 0.717) is 6.54 Å². The summed E-state index contributed by atoms with van der Waals surface area (Å²) in [6, 6.07) is 0. The van der Waals surface area contributed by atoms with Gasteiger partial charge in [-0.15, -0.1) is 0 Å². The minimum absolute atomic E-state index is 0. The Bertz CT molecular complexity index is 570. The van der Waals surface area contributed by atoms with Crippen molar-refractivity contribution in [2.24, 2.45) is 0 Å². The van der Waals surface area contributed by atoms with Crippen LogP contribution in [0.15, 0.2) is 0 Å². The number of nitrogens with zero attached hydrogens (tertiary/aromatic N) is 3. The van der Waals surface area contributed by atoms with Crippen LogP contribution < -0.4 is 15.5 Å². The van der Waals surface area contributed by atoms with Gasteiger partial charge in [0, 0.05) is 45.8 Å². The monoisotopic (exact) mass is 434 g/mol. The number of hydrogen-bond acceptors (Lipinski definition) is 10. The molecule has 0 aromatic heterocycles. The number of aliphatic carboxylic acids is 4. The fourth-order valence-corrected chi connectivity index (χ4v) is 2.47. The molecule has 30 heavy (non-hydrogen) atoms. The summed E-state index contributed by atoms with van der Waals surface area (Å²) in [5.74, 6) is -5.71. The van der Waals surface area contributed by atoms with Crippen LogP contribution in [0.1, 0.15) is 14.4 Å². The Hall–Kier alpha value is -2.77. The molecule has 0 aliphatic carbocycles. The van der Waals surface area contributed by atoms with Gasteiger partial charge in [0.05, 0.1) is 31.6 Å². The van der Waals surface area contributed by atoms with Crippen molar-refractivity contribution in [2.45, 2.75) is 14.4 Å². The average Bonchev–Trinajstić information content (AvgIpc) is 2.55. The van der Waals surface area contributed by atoms with Crippen LogP contribution in [0.5, 0.6) is 0 Å². The molecule has 3 N–H and O–H groups in total. The molecular formula is C17H30N4O9-2. The van der Waals surface area contributed by atoms with E-state index in [0.717, 1.165) is 4.90 Å². The molecule has 174 valence electrons. The van der Waals surface area contributed by atoms with Crippen molar-refractivity contribution in [2.75, 3.05) is 65.4 Å². The summed E-state index contributed by atoms with van der Waals surface area (Å²) < 4.78 is 0. The lowest BCUT2D eigenvalue weighted by molar-refractivity contribution is -0.307. The predicted molar refractivity (Wildman–Crippen MR) is 100 cm³/mol. The number of carbonyl (C=O) groups is 5. The molecule has 1 amide bonds. The van der Waals surface area contributed by atoms with Crippen LogP contribution in [0.4, 0.5) is 0 Å². The molecule has 0 fully saturated rings. The van der Waals surface area contributed by atoms with E-state index in [1.165, 1.54) is 9.80 Å².